The number of rotatable bonds is 3. The lowest BCUT2D eigenvalue weighted by Gasteiger charge is -2.10. The van der Waals surface area contributed by atoms with E-state index in [0.29, 0.717) is 4.47 Å². The van der Waals surface area contributed by atoms with Crippen molar-refractivity contribution in [3.8, 4) is 0 Å². The lowest BCUT2D eigenvalue weighted by molar-refractivity contribution is -0.125. The van der Waals surface area contributed by atoms with Crippen LogP contribution >= 0.6 is 15.9 Å². The fourth-order valence-corrected chi connectivity index (χ4v) is 3.26. The first-order valence-electron chi connectivity index (χ1n) is 4.38. The van der Waals surface area contributed by atoms with Crippen molar-refractivity contribution >= 4 is 31.7 Å². The van der Waals surface area contributed by atoms with Gasteiger partial charge in [0.15, 0.2) is 5.03 Å². The number of sulfone groups is 1. The molecule has 0 radical (unpaired) electrons. The topological polar surface area (TPSA) is 67.3 Å². The van der Waals surface area contributed by atoms with Crippen molar-refractivity contribution in [2.24, 2.45) is 0 Å². The first-order valence-corrected chi connectivity index (χ1v) is 6.82. The van der Waals surface area contributed by atoms with Crippen LogP contribution in [0.2, 0.25) is 0 Å². The monoisotopic (exact) mass is 306 g/mol. The molecule has 1 aromatic rings. The Balaban J connectivity index is 3.05. The second kappa shape index (κ2) is 4.92. The van der Waals surface area contributed by atoms with Crippen LogP contribution in [-0.2, 0) is 14.6 Å². The summed E-state index contributed by atoms with van der Waals surface area (Å²) in [6, 6.07) is 3.18. The van der Waals surface area contributed by atoms with E-state index in [2.05, 4.69) is 20.9 Å². The van der Waals surface area contributed by atoms with Gasteiger partial charge in [-0.25, -0.2) is 13.4 Å². The third-order valence-corrected chi connectivity index (χ3v) is 4.28. The number of amides is 1. The van der Waals surface area contributed by atoms with Crippen LogP contribution in [-0.4, -0.2) is 44.1 Å². The normalized spacial score (nSPS) is 11.2. The van der Waals surface area contributed by atoms with E-state index in [1.54, 1.807) is 12.1 Å². The molecule has 88 valence electrons. The highest BCUT2D eigenvalue weighted by Gasteiger charge is 2.23. The Morgan fingerprint density at radius 1 is 1.50 bits per heavy atom. The van der Waals surface area contributed by atoms with E-state index >= 15 is 0 Å². The number of nitrogens with zero attached hydrogens (tertiary/aromatic N) is 2. The molecule has 0 unspecified atom stereocenters. The molecule has 0 bridgehead atoms. The molecule has 16 heavy (non-hydrogen) atoms. The summed E-state index contributed by atoms with van der Waals surface area (Å²) in [5.74, 6) is -1.05. The largest absolute Gasteiger partial charge is 0.348 e. The van der Waals surface area contributed by atoms with Crippen LogP contribution in [0.15, 0.2) is 27.8 Å². The molecule has 7 heteroatoms. The molecular formula is C9H11BrN2O3S. The average Bonchev–Trinajstić information content (AvgIpc) is 2.17. The SMILES string of the molecule is CN(C)C(=O)CS(=O)(=O)c1ncccc1Br. The van der Waals surface area contributed by atoms with Gasteiger partial charge in [-0.1, -0.05) is 0 Å². The van der Waals surface area contributed by atoms with E-state index in [4.69, 9.17) is 0 Å². The van der Waals surface area contributed by atoms with E-state index in [-0.39, 0.29) is 5.03 Å². The summed E-state index contributed by atoms with van der Waals surface area (Å²) in [6.07, 6.45) is 1.37. The fraction of sp³-hybridized carbons (Fsp3) is 0.333. The molecule has 0 saturated carbocycles. The van der Waals surface area contributed by atoms with Gasteiger partial charge in [-0.05, 0) is 28.1 Å². The van der Waals surface area contributed by atoms with Crippen molar-refractivity contribution in [2.75, 3.05) is 19.8 Å². The van der Waals surface area contributed by atoms with Gasteiger partial charge in [-0.2, -0.15) is 0 Å². The number of halogens is 1. The highest BCUT2D eigenvalue weighted by atomic mass is 79.9. The minimum atomic E-state index is -3.68. The fourth-order valence-electron chi connectivity index (χ4n) is 0.960. The summed E-state index contributed by atoms with van der Waals surface area (Å²) in [7, 11) is -0.674. The maximum absolute atomic E-state index is 11.8. The molecule has 0 atom stereocenters. The van der Waals surface area contributed by atoms with Gasteiger partial charge in [-0.15, -0.1) is 0 Å². The Morgan fingerprint density at radius 2 is 2.12 bits per heavy atom. The maximum atomic E-state index is 11.8. The Morgan fingerprint density at radius 3 is 2.62 bits per heavy atom. The van der Waals surface area contributed by atoms with Crippen LogP contribution in [0.25, 0.3) is 0 Å². The highest BCUT2D eigenvalue weighted by Crippen LogP contribution is 2.19. The molecule has 0 aliphatic rings. The summed E-state index contributed by atoms with van der Waals surface area (Å²) in [4.78, 5) is 16.3. The summed E-state index contributed by atoms with van der Waals surface area (Å²) >= 11 is 3.09. The number of aromatic nitrogens is 1. The molecule has 1 aromatic heterocycles. The van der Waals surface area contributed by atoms with Gasteiger partial charge in [0.05, 0.1) is 4.47 Å². The first-order chi connectivity index (χ1) is 7.34. The first kappa shape index (κ1) is 13.1. The molecule has 0 saturated heterocycles. The van der Waals surface area contributed by atoms with E-state index in [1.807, 2.05) is 0 Å². The van der Waals surface area contributed by atoms with E-state index in [1.165, 1.54) is 25.2 Å². The van der Waals surface area contributed by atoms with Crippen LogP contribution in [0.1, 0.15) is 0 Å². The van der Waals surface area contributed by atoms with Crippen molar-refractivity contribution in [2.45, 2.75) is 5.03 Å². The van der Waals surface area contributed by atoms with Crippen molar-refractivity contribution < 1.29 is 13.2 Å². The standard InChI is InChI=1S/C9H11BrN2O3S/c1-12(2)8(13)6-16(14,15)9-7(10)4-3-5-11-9/h3-5H,6H2,1-2H3. The minimum Gasteiger partial charge on any atom is -0.348 e. The van der Waals surface area contributed by atoms with E-state index < -0.39 is 21.5 Å². The highest BCUT2D eigenvalue weighted by molar-refractivity contribution is 9.10. The number of carbonyl (C=O) groups excluding carboxylic acids is 1. The third-order valence-electron chi connectivity index (χ3n) is 1.83. The molecule has 1 amide bonds. The van der Waals surface area contributed by atoms with Crippen LogP contribution in [0.3, 0.4) is 0 Å². The summed E-state index contributed by atoms with van der Waals surface area (Å²) in [6.45, 7) is 0. The minimum absolute atomic E-state index is 0.106. The van der Waals surface area contributed by atoms with Gasteiger partial charge >= 0.3 is 0 Å². The molecule has 0 fully saturated rings. The molecule has 0 aliphatic carbocycles. The van der Waals surface area contributed by atoms with Crippen LogP contribution in [0.5, 0.6) is 0 Å². The Kier molecular flexibility index (Phi) is 4.03. The Bertz CT molecular complexity index is 499. The number of hydrogen-bond acceptors (Lipinski definition) is 4. The maximum Gasteiger partial charge on any atom is 0.237 e. The molecule has 0 spiro atoms. The zero-order valence-electron chi connectivity index (χ0n) is 8.84. The lowest BCUT2D eigenvalue weighted by Crippen LogP contribution is -2.29. The predicted molar refractivity (Wildman–Crippen MR) is 62.7 cm³/mol. The second-order valence-electron chi connectivity index (χ2n) is 3.34. The van der Waals surface area contributed by atoms with Gasteiger partial charge in [-0.3, -0.25) is 4.79 Å². The molecule has 0 aliphatic heterocycles. The smallest absolute Gasteiger partial charge is 0.237 e. The van der Waals surface area contributed by atoms with Crippen LogP contribution in [0, 0.1) is 0 Å². The Hall–Kier alpha value is -0.950. The number of carbonyl (C=O) groups is 1. The van der Waals surface area contributed by atoms with E-state index in [0.717, 1.165) is 0 Å². The number of pyridine rings is 1. The van der Waals surface area contributed by atoms with Crippen molar-refractivity contribution in [1.82, 2.24) is 9.88 Å². The van der Waals surface area contributed by atoms with Crippen molar-refractivity contribution in [3.05, 3.63) is 22.8 Å². The quantitative estimate of drug-likeness (QED) is 0.824. The van der Waals surface area contributed by atoms with Crippen LogP contribution in [0.4, 0.5) is 0 Å². The zero-order chi connectivity index (χ0) is 12.3. The Labute approximate surface area is 103 Å². The van der Waals surface area contributed by atoms with Crippen molar-refractivity contribution in [1.29, 1.82) is 0 Å². The van der Waals surface area contributed by atoms with Crippen molar-refractivity contribution in [3.63, 3.8) is 0 Å². The second-order valence-corrected chi connectivity index (χ2v) is 6.10. The molecule has 1 rings (SSSR count). The van der Waals surface area contributed by atoms with Gasteiger partial charge in [0.2, 0.25) is 15.7 Å². The third kappa shape index (κ3) is 3.02. The number of hydrogen-bond donors (Lipinski definition) is 0. The molecule has 1 heterocycles. The van der Waals surface area contributed by atoms with Gasteiger partial charge in [0.1, 0.15) is 5.75 Å². The van der Waals surface area contributed by atoms with Gasteiger partial charge < -0.3 is 4.90 Å². The predicted octanol–water partition coefficient (Wildman–Crippen LogP) is 0.706. The molecule has 5 nitrogen and oxygen atoms in total. The lowest BCUT2D eigenvalue weighted by atomic mass is 10.5. The van der Waals surface area contributed by atoms with Gasteiger partial charge in [0, 0.05) is 20.3 Å². The average molecular weight is 307 g/mol. The summed E-state index contributed by atoms with van der Waals surface area (Å²) in [5.41, 5.74) is 0. The zero-order valence-corrected chi connectivity index (χ0v) is 11.2. The van der Waals surface area contributed by atoms with Gasteiger partial charge in [0.25, 0.3) is 0 Å². The van der Waals surface area contributed by atoms with Crippen LogP contribution < -0.4 is 0 Å². The molecule has 0 aromatic carbocycles. The summed E-state index contributed by atoms with van der Waals surface area (Å²) in [5, 5.41) is -0.106. The van der Waals surface area contributed by atoms with E-state index in [9.17, 15) is 13.2 Å². The summed E-state index contributed by atoms with van der Waals surface area (Å²) < 4.78 is 24.0. The molecule has 0 N–H and O–H groups in total. The molecular weight excluding hydrogens is 296 g/mol.